The molecule has 0 aliphatic heterocycles. The second-order valence-electron chi connectivity index (χ2n) is 2.19. The number of carbonyl (C=O) groups excluding carboxylic acids is 1. The topological polar surface area (TPSA) is 29.1 Å². The van der Waals surface area contributed by atoms with E-state index in [4.69, 9.17) is 0 Å². The Balaban J connectivity index is 3.38. The van der Waals surface area contributed by atoms with Gasteiger partial charge in [0.25, 0.3) is 0 Å². The molecule has 0 aromatic heterocycles. The number of hydrogen-bond donors (Lipinski definition) is 1. The molecule has 0 aliphatic rings. The third kappa shape index (κ3) is 3.76. The number of nitrogens with one attached hydrogen (secondary N) is 1. The molecule has 0 unspecified atom stereocenters. The summed E-state index contributed by atoms with van der Waals surface area (Å²) in [7, 11) is 0. The van der Waals surface area contributed by atoms with E-state index >= 15 is 0 Å². The molecule has 0 rings (SSSR count). The molecule has 1 amide bonds. The summed E-state index contributed by atoms with van der Waals surface area (Å²) in [6.45, 7) is 7.76. The van der Waals surface area contributed by atoms with Crippen molar-refractivity contribution in [3.8, 4) is 0 Å². The van der Waals surface area contributed by atoms with Crippen LogP contribution in [0.5, 0.6) is 0 Å². The summed E-state index contributed by atoms with van der Waals surface area (Å²) in [6.07, 6.45) is 1.67. The quantitative estimate of drug-likeness (QED) is 0.562. The van der Waals surface area contributed by atoms with E-state index in [0.29, 0.717) is 6.54 Å². The van der Waals surface area contributed by atoms with Gasteiger partial charge in [-0.15, -0.1) is 6.58 Å². The number of carbonyl (C=O) groups is 1. The monoisotopic (exact) mass is 127 g/mol. The lowest BCUT2D eigenvalue weighted by Gasteiger charge is -2.03. The highest BCUT2D eigenvalue weighted by Gasteiger charge is 2.02. The maximum Gasteiger partial charge on any atom is 0.222 e. The molecule has 1 N–H and O–H groups in total. The van der Waals surface area contributed by atoms with Crippen molar-refractivity contribution in [3.05, 3.63) is 12.7 Å². The lowest BCUT2D eigenvalue weighted by Crippen LogP contribution is -2.27. The molecular formula is C7H13NO. The zero-order chi connectivity index (χ0) is 7.28. The van der Waals surface area contributed by atoms with Crippen LogP contribution >= 0.6 is 0 Å². The molecule has 0 aromatic rings. The fraction of sp³-hybridized carbons (Fsp3) is 0.571. The van der Waals surface area contributed by atoms with Crippen molar-refractivity contribution >= 4 is 5.91 Å². The Kier molecular flexibility index (Phi) is 3.76. The summed E-state index contributed by atoms with van der Waals surface area (Å²) in [5, 5.41) is 2.67. The van der Waals surface area contributed by atoms with E-state index in [-0.39, 0.29) is 11.8 Å². The van der Waals surface area contributed by atoms with Crippen LogP contribution in [-0.4, -0.2) is 12.5 Å². The molecule has 0 radical (unpaired) electrons. The van der Waals surface area contributed by atoms with Crippen molar-refractivity contribution in [1.82, 2.24) is 5.32 Å². The van der Waals surface area contributed by atoms with Gasteiger partial charge in [-0.3, -0.25) is 4.79 Å². The van der Waals surface area contributed by atoms with Crippen LogP contribution in [0.4, 0.5) is 0 Å². The van der Waals surface area contributed by atoms with Crippen LogP contribution in [0, 0.1) is 5.92 Å². The van der Waals surface area contributed by atoms with E-state index in [0.717, 1.165) is 0 Å². The molecular weight excluding hydrogens is 114 g/mol. The molecule has 0 saturated heterocycles. The Hall–Kier alpha value is -0.790. The van der Waals surface area contributed by atoms with Crippen LogP contribution in [0.25, 0.3) is 0 Å². The van der Waals surface area contributed by atoms with Crippen molar-refractivity contribution in [1.29, 1.82) is 0 Å². The van der Waals surface area contributed by atoms with Crippen molar-refractivity contribution in [2.75, 3.05) is 6.54 Å². The summed E-state index contributed by atoms with van der Waals surface area (Å²) >= 11 is 0. The molecule has 0 aliphatic carbocycles. The first-order chi connectivity index (χ1) is 4.18. The maximum absolute atomic E-state index is 10.7. The van der Waals surface area contributed by atoms with Gasteiger partial charge in [0.1, 0.15) is 0 Å². The Bertz CT molecular complexity index is 107. The van der Waals surface area contributed by atoms with Gasteiger partial charge < -0.3 is 5.32 Å². The number of rotatable bonds is 3. The normalized spacial score (nSPS) is 9.22. The highest BCUT2D eigenvalue weighted by atomic mass is 16.1. The lowest BCUT2D eigenvalue weighted by molar-refractivity contribution is -0.123. The standard InChI is InChI=1S/C7H13NO/c1-4-5-8-7(9)6(2)3/h4,6H,1,5H2,2-3H3,(H,8,9). The Morgan fingerprint density at radius 1 is 1.78 bits per heavy atom. The first-order valence-corrected chi connectivity index (χ1v) is 3.07. The van der Waals surface area contributed by atoms with Gasteiger partial charge in [0.05, 0.1) is 0 Å². The van der Waals surface area contributed by atoms with Crippen LogP contribution in [0.1, 0.15) is 13.8 Å². The second kappa shape index (κ2) is 4.13. The molecule has 0 fully saturated rings. The van der Waals surface area contributed by atoms with Crippen molar-refractivity contribution in [3.63, 3.8) is 0 Å². The average molecular weight is 127 g/mol. The number of hydrogen-bond acceptors (Lipinski definition) is 1. The fourth-order valence-electron chi connectivity index (χ4n) is 0.377. The van der Waals surface area contributed by atoms with Crippen LogP contribution in [0.2, 0.25) is 0 Å². The molecule has 52 valence electrons. The third-order valence-electron chi connectivity index (χ3n) is 0.945. The minimum atomic E-state index is 0.0740. The number of amides is 1. The van der Waals surface area contributed by atoms with Crippen LogP contribution in [0.3, 0.4) is 0 Å². The Morgan fingerprint density at radius 2 is 2.33 bits per heavy atom. The van der Waals surface area contributed by atoms with Crippen molar-refractivity contribution in [2.24, 2.45) is 5.92 Å². The predicted octanol–water partition coefficient (Wildman–Crippen LogP) is 0.945. The molecule has 0 aromatic carbocycles. The Morgan fingerprint density at radius 3 is 2.67 bits per heavy atom. The molecule has 2 nitrogen and oxygen atoms in total. The van der Waals surface area contributed by atoms with E-state index < -0.39 is 0 Å². The minimum Gasteiger partial charge on any atom is -0.352 e. The van der Waals surface area contributed by atoms with Crippen molar-refractivity contribution < 1.29 is 4.79 Å². The molecule has 0 saturated carbocycles. The fourth-order valence-corrected chi connectivity index (χ4v) is 0.377. The van der Waals surface area contributed by atoms with Gasteiger partial charge in [-0.1, -0.05) is 19.9 Å². The van der Waals surface area contributed by atoms with Gasteiger partial charge in [-0.05, 0) is 0 Å². The highest BCUT2D eigenvalue weighted by Crippen LogP contribution is 1.88. The molecule has 0 atom stereocenters. The first kappa shape index (κ1) is 8.21. The largest absolute Gasteiger partial charge is 0.352 e. The van der Waals surface area contributed by atoms with Gasteiger partial charge in [-0.25, -0.2) is 0 Å². The van der Waals surface area contributed by atoms with E-state index in [1.165, 1.54) is 0 Å². The molecule has 9 heavy (non-hydrogen) atoms. The zero-order valence-corrected chi connectivity index (χ0v) is 5.98. The highest BCUT2D eigenvalue weighted by molar-refractivity contribution is 5.77. The summed E-state index contributed by atoms with van der Waals surface area (Å²) in [5.74, 6) is 0.153. The van der Waals surface area contributed by atoms with Gasteiger partial charge in [0.2, 0.25) is 5.91 Å². The summed E-state index contributed by atoms with van der Waals surface area (Å²) in [5.41, 5.74) is 0. The minimum absolute atomic E-state index is 0.0740. The average Bonchev–Trinajstić information content (AvgIpc) is 1.82. The first-order valence-electron chi connectivity index (χ1n) is 3.07. The zero-order valence-electron chi connectivity index (χ0n) is 5.98. The smallest absolute Gasteiger partial charge is 0.222 e. The maximum atomic E-state index is 10.7. The van der Waals surface area contributed by atoms with E-state index in [9.17, 15) is 4.79 Å². The van der Waals surface area contributed by atoms with Crippen molar-refractivity contribution in [2.45, 2.75) is 13.8 Å². The molecule has 0 heterocycles. The third-order valence-corrected chi connectivity index (χ3v) is 0.945. The van der Waals surface area contributed by atoms with Crippen LogP contribution in [-0.2, 0) is 4.79 Å². The summed E-state index contributed by atoms with van der Waals surface area (Å²) in [6, 6.07) is 0. The molecule has 0 bridgehead atoms. The lowest BCUT2D eigenvalue weighted by atomic mass is 10.2. The SMILES string of the molecule is C=CCNC(=O)C(C)C. The van der Waals surface area contributed by atoms with Gasteiger partial charge >= 0.3 is 0 Å². The van der Waals surface area contributed by atoms with Gasteiger partial charge in [0.15, 0.2) is 0 Å². The van der Waals surface area contributed by atoms with Gasteiger partial charge in [-0.2, -0.15) is 0 Å². The van der Waals surface area contributed by atoms with E-state index in [1.54, 1.807) is 6.08 Å². The Labute approximate surface area is 56.0 Å². The molecule has 0 spiro atoms. The van der Waals surface area contributed by atoms with E-state index in [1.807, 2.05) is 13.8 Å². The summed E-state index contributed by atoms with van der Waals surface area (Å²) in [4.78, 5) is 10.7. The van der Waals surface area contributed by atoms with Crippen LogP contribution in [0.15, 0.2) is 12.7 Å². The van der Waals surface area contributed by atoms with Gasteiger partial charge in [0, 0.05) is 12.5 Å². The predicted molar refractivity (Wildman–Crippen MR) is 38.0 cm³/mol. The molecule has 2 heteroatoms. The summed E-state index contributed by atoms with van der Waals surface area (Å²) < 4.78 is 0. The van der Waals surface area contributed by atoms with Crippen LogP contribution < -0.4 is 5.32 Å². The van der Waals surface area contributed by atoms with E-state index in [2.05, 4.69) is 11.9 Å². The second-order valence-corrected chi connectivity index (χ2v) is 2.19.